The van der Waals surface area contributed by atoms with E-state index in [0.717, 1.165) is 0 Å². The van der Waals surface area contributed by atoms with Crippen LogP contribution in [0.2, 0.25) is 0 Å². The van der Waals surface area contributed by atoms with Crippen LogP contribution in [0.15, 0.2) is 0 Å². The van der Waals surface area contributed by atoms with Gasteiger partial charge in [0.2, 0.25) is 0 Å². The zero-order valence-corrected chi connectivity index (χ0v) is 22.7. The van der Waals surface area contributed by atoms with Crippen LogP contribution in [0.3, 0.4) is 0 Å². The van der Waals surface area contributed by atoms with Crippen LogP contribution in [-0.2, 0) is 23.1 Å². The van der Waals surface area contributed by atoms with Crippen molar-refractivity contribution >= 4 is 23.3 Å². The maximum atomic E-state index is 13.6. The summed E-state index contributed by atoms with van der Waals surface area (Å²) >= 11 is 0. The minimum absolute atomic E-state index is 0.114. The van der Waals surface area contributed by atoms with E-state index in [0.29, 0.717) is 0 Å². The molecule has 0 bridgehead atoms. The molecular weight excluding hydrogens is 417 g/mol. The van der Waals surface area contributed by atoms with Gasteiger partial charge in [-0.1, -0.05) is 27.7 Å². The van der Waals surface area contributed by atoms with Gasteiger partial charge in [-0.15, -0.1) is 0 Å². The molecule has 2 saturated heterocycles. The maximum Gasteiger partial charge on any atom is 0.328 e. The summed E-state index contributed by atoms with van der Waals surface area (Å²) in [7, 11) is 0.216. The van der Waals surface area contributed by atoms with E-state index in [1.165, 1.54) is 6.66 Å². The van der Waals surface area contributed by atoms with Gasteiger partial charge in [-0.2, -0.15) is 0 Å². The van der Waals surface area contributed by atoms with E-state index in [2.05, 4.69) is 0 Å². The van der Waals surface area contributed by atoms with Gasteiger partial charge in [0.25, 0.3) is 0 Å². The van der Waals surface area contributed by atoms with E-state index in [-0.39, 0.29) is 13.2 Å². The van der Waals surface area contributed by atoms with Crippen LogP contribution in [0.25, 0.3) is 0 Å². The lowest BCUT2D eigenvalue weighted by Gasteiger charge is -2.48. The zero-order valence-electron chi connectivity index (χ0n) is 21.8. The van der Waals surface area contributed by atoms with Crippen LogP contribution in [0.4, 0.5) is 0 Å². The Morgan fingerprint density at radius 3 is 1.65 bits per heavy atom. The van der Waals surface area contributed by atoms with Crippen molar-refractivity contribution in [3.63, 3.8) is 0 Å². The molecule has 0 aromatic rings. The number of rotatable bonds is 6. The summed E-state index contributed by atoms with van der Waals surface area (Å²) in [5.74, 6) is 0. The largest absolute Gasteiger partial charge is 0.393 e. The van der Waals surface area contributed by atoms with Gasteiger partial charge in [-0.05, 0) is 41.5 Å². The Hall–Kier alpha value is 0.120. The number of aliphatic hydroxyl groups excluding tert-OH is 1. The number of aliphatic hydroxyl groups is 2. The Morgan fingerprint density at radius 2 is 1.26 bits per heavy atom. The van der Waals surface area contributed by atoms with Gasteiger partial charge in [0.05, 0.1) is 18.8 Å². The second kappa shape index (κ2) is 7.07. The monoisotopic (exact) mass is 460 g/mol. The third kappa shape index (κ3) is 3.53. The molecular formula is C21H43B2O7P. The molecule has 2 aliphatic rings. The fourth-order valence-electron chi connectivity index (χ4n) is 5.22. The molecule has 31 heavy (non-hydrogen) atoms. The van der Waals surface area contributed by atoms with Crippen molar-refractivity contribution in [1.29, 1.82) is 0 Å². The molecule has 10 heteroatoms. The average Bonchev–Trinajstić information content (AvgIpc) is 2.73. The summed E-state index contributed by atoms with van der Waals surface area (Å²) < 4.78 is 38.2. The molecule has 7 nitrogen and oxygen atoms in total. The lowest BCUT2D eigenvalue weighted by Crippen LogP contribution is -2.58. The number of ether oxygens (including phenoxy) is 2. The van der Waals surface area contributed by atoms with Crippen LogP contribution >= 0.6 is 7.60 Å². The van der Waals surface area contributed by atoms with Crippen molar-refractivity contribution < 1.29 is 33.3 Å². The molecule has 0 aromatic heterocycles. The van der Waals surface area contributed by atoms with Gasteiger partial charge in [0, 0.05) is 28.5 Å². The lowest BCUT2D eigenvalue weighted by atomic mass is 9.57. The van der Waals surface area contributed by atoms with Crippen molar-refractivity contribution in [3.05, 3.63) is 0 Å². The lowest BCUT2D eigenvalue weighted by molar-refractivity contribution is -0.153. The Labute approximate surface area is 190 Å². The molecule has 0 spiro atoms. The Balaban J connectivity index is 2.33. The van der Waals surface area contributed by atoms with Crippen molar-refractivity contribution in [3.8, 4) is 0 Å². The first-order chi connectivity index (χ1) is 13.4. The summed E-state index contributed by atoms with van der Waals surface area (Å²) in [6.45, 7) is 19.8. The normalized spacial score (nSPS) is 51.0. The summed E-state index contributed by atoms with van der Waals surface area (Å²) in [4.78, 5) is 0. The second-order valence-corrected chi connectivity index (χ2v) is 14.3. The van der Waals surface area contributed by atoms with Gasteiger partial charge in [-0.25, -0.2) is 0 Å². The highest BCUT2D eigenvalue weighted by Gasteiger charge is 2.71. The first-order valence-electron chi connectivity index (χ1n) is 11.1. The van der Waals surface area contributed by atoms with Crippen molar-refractivity contribution in [2.75, 3.05) is 19.9 Å². The highest BCUT2D eigenvalue weighted by molar-refractivity contribution is 7.53. The molecule has 2 fully saturated rings. The second-order valence-electron chi connectivity index (χ2n) is 12.3. The minimum Gasteiger partial charge on any atom is -0.393 e. The SMILES string of the molecule is B[C@]1(C)O[C@](C)(COP(C)(=O)O[C@]2(C)C(C)(C)[C@@](B)(C)O[C@]2(C)CO)[C@](C)(O)C1(C)C. The van der Waals surface area contributed by atoms with Crippen molar-refractivity contribution in [2.45, 2.75) is 103 Å². The third-order valence-corrected chi connectivity index (χ3v) is 10.9. The van der Waals surface area contributed by atoms with E-state index >= 15 is 0 Å². The number of hydrogen-bond donors (Lipinski definition) is 2. The van der Waals surface area contributed by atoms with Crippen LogP contribution in [0.5, 0.6) is 0 Å². The maximum absolute atomic E-state index is 13.6. The first-order valence-corrected chi connectivity index (χ1v) is 13.0. The van der Waals surface area contributed by atoms with Gasteiger partial charge in [0.15, 0.2) is 0 Å². The molecule has 0 radical (unpaired) electrons. The fraction of sp³-hybridized carbons (Fsp3) is 1.00. The third-order valence-electron chi connectivity index (χ3n) is 9.64. The summed E-state index contributed by atoms with van der Waals surface area (Å²) in [6.07, 6.45) is 0. The quantitative estimate of drug-likeness (QED) is 0.460. The first kappa shape index (κ1) is 27.4. The molecule has 7 atom stereocenters. The predicted molar refractivity (Wildman–Crippen MR) is 127 cm³/mol. The highest BCUT2D eigenvalue weighted by atomic mass is 31.2. The van der Waals surface area contributed by atoms with Crippen molar-refractivity contribution in [2.24, 2.45) is 10.8 Å². The molecule has 180 valence electrons. The summed E-state index contributed by atoms with van der Waals surface area (Å²) in [6, 6.07) is 0. The topological polar surface area (TPSA) is 94.5 Å². The zero-order chi connectivity index (χ0) is 24.7. The standard InChI is InChI=1S/C21H43B2O7P/c1-14(2)18(7,25)17(6,29-20(14,9)22)13-27-31(11,26)30-19(8)15(3,4)21(10,23)28-16(19,5)12-24/h24-25H,12-13,22-23H2,1-11H3/t16-,17-,18-,19-,20-,21-,31?/m1/s1. The predicted octanol–water partition coefficient (Wildman–Crippen LogP) is 1.67. The molecule has 2 N–H and O–H groups in total. The summed E-state index contributed by atoms with van der Waals surface area (Å²) in [5, 5.41) is 21.6. The number of hydrogen-bond acceptors (Lipinski definition) is 7. The molecule has 1 unspecified atom stereocenters. The van der Waals surface area contributed by atoms with E-state index in [9.17, 15) is 14.8 Å². The Morgan fingerprint density at radius 1 is 0.839 bits per heavy atom. The molecule has 2 rings (SSSR count). The molecule has 0 aromatic carbocycles. The summed E-state index contributed by atoms with van der Waals surface area (Å²) in [5.41, 5.74) is -6.99. The minimum atomic E-state index is -3.65. The van der Waals surface area contributed by atoms with Crippen LogP contribution < -0.4 is 0 Å². The molecule has 0 saturated carbocycles. The molecule has 0 aliphatic carbocycles. The van der Waals surface area contributed by atoms with Gasteiger partial charge >= 0.3 is 7.60 Å². The van der Waals surface area contributed by atoms with E-state index in [1.807, 2.05) is 64.2 Å². The van der Waals surface area contributed by atoms with Gasteiger partial charge in [-0.3, -0.25) is 9.09 Å². The van der Waals surface area contributed by atoms with Gasteiger partial charge < -0.3 is 24.2 Å². The Kier molecular flexibility index (Phi) is 6.24. The molecule has 2 heterocycles. The van der Waals surface area contributed by atoms with Crippen LogP contribution in [0, 0.1) is 10.8 Å². The van der Waals surface area contributed by atoms with Crippen LogP contribution in [0.1, 0.15) is 69.2 Å². The average molecular weight is 460 g/mol. The van der Waals surface area contributed by atoms with Gasteiger partial charge in [0.1, 0.15) is 32.5 Å². The molecule has 0 amide bonds. The smallest absolute Gasteiger partial charge is 0.328 e. The van der Waals surface area contributed by atoms with E-state index < -0.39 is 51.8 Å². The van der Waals surface area contributed by atoms with Crippen LogP contribution in [-0.4, -0.2) is 79.2 Å². The van der Waals surface area contributed by atoms with Crippen molar-refractivity contribution in [1.82, 2.24) is 0 Å². The Bertz CT molecular complexity index is 782. The molecule has 2 aliphatic heterocycles. The van der Waals surface area contributed by atoms with E-state index in [1.54, 1.807) is 20.8 Å². The van der Waals surface area contributed by atoms with E-state index in [4.69, 9.17) is 18.5 Å². The fourth-order valence-corrected chi connectivity index (χ4v) is 6.84. The highest BCUT2D eigenvalue weighted by Crippen LogP contribution is 2.64.